The van der Waals surface area contributed by atoms with Crippen LogP contribution in [0.25, 0.3) is 10.8 Å². The van der Waals surface area contributed by atoms with Crippen LogP contribution >= 0.6 is 11.3 Å². The van der Waals surface area contributed by atoms with Gasteiger partial charge in [-0.05, 0) is 18.9 Å². The van der Waals surface area contributed by atoms with Crippen molar-refractivity contribution in [1.82, 2.24) is 20.3 Å². The summed E-state index contributed by atoms with van der Waals surface area (Å²) in [5, 5.41) is 12.9. The van der Waals surface area contributed by atoms with Crippen LogP contribution in [0.2, 0.25) is 0 Å². The predicted octanol–water partition coefficient (Wildman–Crippen LogP) is 2.36. The summed E-state index contributed by atoms with van der Waals surface area (Å²) in [5.74, 6) is -0.665. The summed E-state index contributed by atoms with van der Waals surface area (Å²) in [7, 11) is 0. The maximum absolute atomic E-state index is 12.3. The molecule has 0 spiro atoms. The van der Waals surface area contributed by atoms with Crippen LogP contribution in [0.3, 0.4) is 0 Å². The first-order chi connectivity index (χ1) is 11.6. The number of carbonyl (C=O) groups is 2. The number of carboxylic acids is 1. The number of aliphatic carboxylic acids is 1. The third-order valence-corrected chi connectivity index (χ3v) is 5.33. The van der Waals surface area contributed by atoms with Gasteiger partial charge in [-0.25, -0.2) is 15.0 Å². The number of hydrogen-bond acceptors (Lipinski definition) is 6. The van der Waals surface area contributed by atoms with Gasteiger partial charge in [0.15, 0.2) is 10.8 Å². The molecule has 24 heavy (non-hydrogen) atoms. The van der Waals surface area contributed by atoms with Crippen molar-refractivity contribution in [2.75, 3.05) is 6.54 Å². The van der Waals surface area contributed by atoms with E-state index in [9.17, 15) is 14.7 Å². The molecule has 2 aromatic rings. The summed E-state index contributed by atoms with van der Waals surface area (Å²) in [5.41, 5.74) is -0.843. The van der Waals surface area contributed by atoms with E-state index < -0.39 is 11.4 Å². The fraction of sp³-hybridized carbons (Fsp3) is 0.438. The lowest BCUT2D eigenvalue weighted by Gasteiger charge is -2.33. The second-order valence-corrected chi connectivity index (χ2v) is 6.96. The van der Waals surface area contributed by atoms with Gasteiger partial charge >= 0.3 is 5.97 Å². The molecule has 1 amide bonds. The van der Waals surface area contributed by atoms with Gasteiger partial charge in [-0.1, -0.05) is 19.3 Å². The molecule has 1 aliphatic rings. The smallest absolute Gasteiger partial charge is 0.311 e. The van der Waals surface area contributed by atoms with Crippen molar-refractivity contribution in [3.63, 3.8) is 0 Å². The van der Waals surface area contributed by atoms with Crippen molar-refractivity contribution in [1.29, 1.82) is 0 Å². The Kier molecular flexibility index (Phi) is 4.84. The molecule has 3 rings (SSSR count). The zero-order chi connectivity index (χ0) is 17.0. The van der Waals surface area contributed by atoms with E-state index >= 15 is 0 Å². The van der Waals surface area contributed by atoms with E-state index in [2.05, 4.69) is 20.3 Å². The topological polar surface area (TPSA) is 105 Å². The normalized spacial score (nSPS) is 16.5. The fourth-order valence-electron chi connectivity index (χ4n) is 2.92. The maximum atomic E-state index is 12.3. The molecule has 0 unspecified atom stereocenters. The number of carbonyl (C=O) groups excluding carboxylic acids is 1. The summed E-state index contributed by atoms with van der Waals surface area (Å²) in [4.78, 5) is 36.8. The van der Waals surface area contributed by atoms with E-state index in [0.717, 1.165) is 19.3 Å². The first-order valence-corrected chi connectivity index (χ1v) is 8.67. The molecule has 0 radical (unpaired) electrons. The largest absolute Gasteiger partial charge is 0.481 e. The van der Waals surface area contributed by atoms with E-state index in [4.69, 9.17) is 0 Å². The van der Waals surface area contributed by atoms with Crippen LogP contribution in [0, 0.1) is 5.41 Å². The minimum Gasteiger partial charge on any atom is -0.481 e. The van der Waals surface area contributed by atoms with Gasteiger partial charge < -0.3 is 10.4 Å². The second kappa shape index (κ2) is 7.04. The van der Waals surface area contributed by atoms with Crippen molar-refractivity contribution in [3.8, 4) is 10.8 Å². The van der Waals surface area contributed by atoms with Crippen LogP contribution in [-0.2, 0) is 4.79 Å². The highest BCUT2D eigenvalue weighted by Crippen LogP contribution is 2.36. The minimum atomic E-state index is -0.843. The van der Waals surface area contributed by atoms with E-state index in [-0.39, 0.29) is 12.5 Å². The summed E-state index contributed by atoms with van der Waals surface area (Å²) in [6.07, 6.45) is 8.74. The van der Waals surface area contributed by atoms with Crippen LogP contribution in [0.5, 0.6) is 0 Å². The Bertz CT molecular complexity index is 726. The lowest BCUT2D eigenvalue weighted by molar-refractivity contribution is -0.150. The first-order valence-electron chi connectivity index (χ1n) is 7.86. The summed E-state index contributed by atoms with van der Waals surface area (Å²) >= 11 is 1.19. The zero-order valence-corrected chi connectivity index (χ0v) is 13.9. The number of nitrogens with one attached hydrogen (secondary N) is 1. The number of hydrogen-bond donors (Lipinski definition) is 2. The van der Waals surface area contributed by atoms with Gasteiger partial charge in [0.25, 0.3) is 5.91 Å². The van der Waals surface area contributed by atoms with Crippen LogP contribution in [0.15, 0.2) is 24.7 Å². The SMILES string of the molecule is O=C(NCC1(C(=O)O)CCCCC1)c1cnc(-c2ncccn2)s1. The Morgan fingerprint density at radius 3 is 2.54 bits per heavy atom. The molecule has 1 aliphatic carbocycles. The predicted molar refractivity (Wildman–Crippen MR) is 88.6 cm³/mol. The number of amides is 1. The van der Waals surface area contributed by atoms with E-state index in [1.54, 1.807) is 18.5 Å². The third-order valence-electron chi connectivity index (χ3n) is 4.34. The summed E-state index contributed by atoms with van der Waals surface area (Å²) in [6.45, 7) is 0.149. The number of rotatable bonds is 5. The molecule has 0 saturated heterocycles. The average molecular weight is 346 g/mol. The highest BCUT2D eigenvalue weighted by Gasteiger charge is 2.39. The second-order valence-electron chi connectivity index (χ2n) is 5.93. The lowest BCUT2D eigenvalue weighted by atomic mass is 9.74. The molecule has 0 aliphatic heterocycles. The van der Waals surface area contributed by atoms with Crippen LogP contribution < -0.4 is 5.32 Å². The molecule has 7 nitrogen and oxygen atoms in total. The van der Waals surface area contributed by atoms with E-state index in [1.807, 2.05) is 0 Å². The highest BCUT2D eigenvalue weighted by atomic mass is 32.1. The molecule has 0 bridgehead atoms. The van der Waals surface area contributed by atoms with Gasteiger partial charge in [-0.15, -0.1) is 11.3 Å². The van der Waals surface area contributed by atoms with Crippen LogP contribution in [-0.4, -0.2) is 38.5 Å². The molecular formula is C16H18N4O3S. The van der Waals surface area contributed by atoms with E-state index in [1.165, 1.54) is 17.5 Å². The molecule has 0 aromatic carbocycles. The molecule has 126 valence electrons. The van der Waals surface area contributed by atoms with Gasteiger partial charge in [0.2, 0.25) is 0 Å². The van der Waals surface area contributed by atoms with Gasteiger partial charge in [0, 0.05) is 18.9 Å². The van der Waals surface area contributed by atoms with Gasteiger partial charge in [0.1, 0.15) is 4.88 Å². The summed E-state index contributed by atoms with van der Waals surface area (Å²) in [6, 6.07) is 1.71. The van der Waals surface area contributed by atoms with E-state index in [0.29, 0.717) is 28.6 Å². The number of thiazole rings is 1. The Morgan fingerprint density at radius 2 is 1.88 bits per heavy atom. The highest BCUT2D eigenvalue weighted by molar-refractivity contribution is 7.16. The number of aromatic nitrogens is 3. The Balaban J connectivity index is 1.67. The molecular weight excluding hydrogens is 328 g/mol. The van der Waals surface area contributed by atoms with Crippen molar-refractivity contribution in [3.05, 3.63) is 29.5 Å². The van der Waals surface area contributed by atoms with Crippen molar-refractivity contribution in [2.45, 2.75) is 32.1 Å². The molecule has 2 N–H and O–H groups in total. The van der Waals surface area contributed by atoms with Crippen LogP contribution in [0.1, 0.15) is 41.8 Å². The maximum Gasteiger partial charge on any atom is 0.311 e. The fourth-order valence-corrected chi connectivity index (χ4v) is 3.70. The van der Waals surface area contributed by atoms with Crippen molar-refractivity contribution >= 4 is 23.2 Å². The van der Waals surface area contributed by atoms with Gasteiger partial charge in [-0.3, -0.25) is 9.59 Å². The molecule has 2 aromatic heterocycles. The molecule has 1 saturated carbocycles. The van der Waals surface area contributed by atoms with Gasteiger partial charge in [-0.2, -0.15) is 0 Å². The Morgan fingerprint density at radius 1 is 1.17 bits per heavy atom. The monoisotopic (exact) mass is 346 g/mol. The van der Waals surface area contributed by atoms with Crippen molar-refractivity contribution < 1.29 is 14.7 Å². The quantitative estimate of drug-likeness (QED) is 0.861. The summed E-state index contributed by atoms with van der Waals surface area (Å²) < 4.78 is 0. The number of carboxylic acid groups (broad SMARTS) is 1. The molecule has 0 atom stereocenters. The standard InChI is InChI=1S/C16H18N4O3S/c21-13(20-10-16(15(22)23)5-2-1-3-6-16)11-9-19-14(24-11)12-17-7-4-8-18-12/h4,7-9H,1-3,5-6,10H2,(H,20,21)(H,22,23). The van der Waals surface area contributed by atoms with Crippen LogP contribution in [0.4, 0.5) is 0 Å². The minimum absolute atomic E-state index is 0.149. The first kappa shape index (κ1) is 16.5. The molecule has 2 heterocycles. The Hall–Kier alpha value is -2.35. The molecule has 1 fully saturated rings. The van der Waals surface area contributed by atoms with Crippen molar-refractivity contribution in [2.24, 2.45) is 5.41 Å². The third kappa shape index (κ3) is 3.43. The lowest BCUT2D eigenvalue weighted by Crippen LogP contribution is -2.44. The zero-order valence-electron chi connectivity index (χ0n) is 13.1. The van der Waals surface area contributed by atoms with Gasteiger partial charge in [0.05, 0.1) is 11.6 Å². The Labute approximate surface area is 143 Å². The average Bonchev–Trinajstić information content (AvgIpc) is 3.11. The molecule has 8 heteroatoms. The number of nitrogens with zero attached hydrogens (tertiary/aromatic N) is 3.